The van der Waals surface area contributed by atoms with E-state index < -0.39 is 9.03 Å². The molecule has 0 saturated carbocycles. The second-order valence-corrected chi connectivity index (χ2v) is 5.65. The van der Waals surface area contributed by atoms with Gasteiger partial charge < -0.3 is 0 Å². The molecule has 0 aliphatic heterocycles. The Morgan fingerprint density at radius 1 is 1.67 bits per heavy atom. The standard InChI is InChI=1S/C7H4BrCl3O/c8-7(11)2-1-5(9)4(3-7)6(10)12/h1,3H,2H2. The van der Waals surface area contributed by atoms with Crippen LogP contribution in [-0.4, -0.2) is 9.03 Å². The lowest BCUT2D eigenvalue weighted by Gasteiger charge is -2.19. The fourth-order valence-corrected chi connectivity index (χ4v) is 1.82. The zero-order valence-corrected chi connectivity index (χ0v) is 9.64. The van der Waals surface area contributed by atoms with E-state index in [1.165, 1.54) is 6.08 Å². The molecule has 0 fully saturated rings. The van der Waals surface area contributed by atoms with Gasteiger partial charge in [0.1, 0.15) is 3.78 Å². The van der Waals surface area contributed by atoms with E-state index in [0.29, 0.717) is 11.5 Å². The van der Waals surface area contributed by atoms with Crippen molar-refractivity contribution in [3.8, 4) is 0 Å². The Morgan fingerprint density at radius 3 is 2.67 bits per heavy atom. The van der Waals surface area contributed by atoms with E-state index in [4.69, 9.17) is 34.8 Å². The minimum atomic E-state index is -0.731. The van der Waals surface area contributed by atoms with E-state index >= 15 is 0 Å². The molecule has 0 aromatic heterocycles. The molecule has 0 amide bonds. The van der Waals surface area contributed by atoms with E-state index in [1.807, 2.05) is 0 Å². The van der Waals surface area contributed by atoms with Crippen molar-refractivity contribution >= 4 is 56.0 Å². The monoisotopic (exact) mass is 288 g/mol. The van der Waals surface area contributed by atoms with Crippen molar-refractivity contribution in [3.05, 3.63) is 22.8 Å². The molecule has 66 valence electrons. The van der Waals surface area contributed by atoms with Gasteiger partial charge in [-0.3, -0.25) is 4.79 Å². The van der Waals surface area contributed by atoms with Crippen LogP contribution in [0.1, 0.15) is 6.42 Å². The van der Waals surface area contributed by atoms with Crippen LogP contribution in [0.2, 0.25) is 0 Å². The Balaban J connectivity index is 3.02. The van der Waals surface area contributed by atoms with Crippen LogP contribution in [0.4, 0.5) is 0 Å². The molecule has 1 rings (SSSR count). The smallest absolute Gasteiger partial charge is 0.253 e. The van der Waals surface area contributed by atoms with Crippen molar-refractivity contribution in [2.75, 3.05) is 0 Å². The average molecular weight is 290 g/mol. The van der Waals surface area contributed by atoms with Gasteiger partial charge in [0.15, 0.2) is 0 Å². The molecule has 0 saturated heterocycles. The Labute approximate surface area is 93.5 Å². The maximum absolute atomic E-state index is 10.8. The van der Waals surface area contributed by atoms with E-state index in [2.05, 4.69) is 15.9 Å². The Kier molecular flexibility index (Phi) is 3.27. The summed E-state index contributed by atoms with van der Waals surface area (Å²) >= 11 is 20.1. The lowest BCUT2D eigenvalue weighted by Crippen LogP contribution is -2.14. The van der Waals surface area contributed by atoms with Crippen LogP contribution in [0.25, 0.3) is 0 Å². The molecule has 0 aromatic carbocycles. The van der Waals surface area contributed by atoms with Crippen molar-refractivity contribution in [2.45, 2.75) is 10.2 Å². The molecular weight excluding hydrogens is 286 g/mol. The van der Waals surface area contributed by atoms with Gasteiger partial charge >= 0.3 is 0 Å². The number of alkyl halides is 2. The fourth-order valence-electron chi connectivity index (χ4n) is 0.825. The highest BCUT2D eigenvalue weighted by Gasteiger charge is 2.27. The summed E-state index contributed by atoms with van der Waals surface area (Å²) in [6.07, 6.45) is 3.69. The van der Waals surface area contributed by atoms with Gasteiger partial charge in [-0.15, -0.1) is 11.6 Å². The number of allylic oxidation sites excluding steroid dienone is 4. The summed E-state index contributed by atoms with van der Waals surface area (Å²) in [6.45, 7) is 0. The first-order valence-electron chi connectivity index (χ1n) is 3.09. The predicted molar refractivity (Wildman–Crippen MR) is 55.0 cm³/mol. The summed E-state index contributed by atoms with van der Waals surface area (Å²) < 4.78 is -0.731. The molecule has 1 aliphatic rings. The number of halogens is 4. The van der Waals surface area contributed by atoms with Crippen molar-refractivity contribution in [1.29, 1.82) is 0 Å². The van der Waals surface area contributed by atoms with Gasteiger partial charge in [-0.2, -0.15) is 0 Å². The highest BCUT2D eigenvalue weighted by Crippen LogP contribution is 2.38. The van der Waals surface area contributed by atoms with Crippen LogP contribution >= 0.6 is 50.7 Å². The van der Waals surface area contributed by atoms with Crippen LogP contribution in [0.15, 0.2) is 22.8 Å². The third kappa shape index (κ3) is 2.49. The summed E-state index contributed by atoms with van der Waals surface area (Å²) in [7, 11) is 0. The molecule has 1 nitrogen and oxygen atoms in total. The second-order valence-electron chi connectivity index (χ2n) is 2.35. The molecular formula is C7H4BrCl3O. The van der Waals surface area contributed by atoms with Crippen molar-refractivity contribution in [3.63, 3.8) is 0 Å². The van der Waals surface area contributed by atoms with Gasteiger partial charge in [0.25, 0.3) is 5.24 Å². The zero-order valence-electron chi connectivity index (χ0n) is 5.78. The maximum Gasteiger partial charge on any atom is 0.253 e. The van der Waals surface area contributed by atoms with Crippen molar-refractivity contribution < 1.29 is 4.79 Å². The molecule has 1 atom stereocenters. The molecule has 0 spiro atoms. The van der Waals surface area contributed by atoms with Gasteiger partial charge in [0.05, 0.1) is 5.57 Å². The largest absolute Gasteiger partial charge is 0.276 e. The lowest BCUT2D eigenvalue weighted by atomic mass is 10.1. The quantitative estimate of drug-likeness (QED) is 0.533. The first-order chi connectivity index (χ1) is 5.42. The first kappa shape index (κ1) is 10.6. The lowest BCUT2D eigenvalue weighted by molar-refractivity contribution is -0.108. The highest BCUT2D eigenvalue weighted by molar-refractivity contribution is 9.10. The molecule has 0 heterocycles. The number of rotatable bonds is 1. The Bertz CT molecular complexity index is 280. The van der Waals surface area contributed by atoms with E-state index in [1.54, 1.807) is 6.08 Å². The van der Waals surface area contributed by atoms with E-state index in [0.717, 1.165) is 0 Å². The Hall–Kier alpha value is 0.500. The minimum absolute atomic E-state index is 0.247. The molecule has 12 heavy (non-hydrogen) atoms. The van der Waals surface area contributed by atoms with Crippen LogP contribution < -0.4 is 0 Å². The molecule has 0 N–H and O–H groups in total. The number of carbonyl (C=O) groups is 1. The minimum Gasteiger partial charge on any atom is -0.276 e. The third-order valence-corrected chi connectivity index (χ3v) is 2.76. The normalized spacial score (nSPS) is 29.3. The summed E-state index contributed by atoms with van der Waals surface area (Å²) in [5, 5.41) is -0.244. The van der Waals surface area contributed by atoms with Gasteiger partial charge in [-0.1, -0.05) is 33.6 Å². The number of carbonyl (C=O) groups excluding carboxylic acids is 1. The molecule has 0 aromatic rings. The molecule has 1 aliphatic carbocycles. The zero-order chi connectivity index (χ0) is 9.35. The summed E-state index contributed by atoms with van der Waals surface area (Å²) in [5.41, 5.74) is 0.247. The third-order valence-electron chi connectivity index (χ3n) is 1.38. The van der Waals surface area contributed by atoms with Crippen LogP contribution in [0.3, 0.4) is 0 Å². The Morgan fingerprint density at radius 2 is 2.25 bits per heavy atom. The molecule has 5 heteroatoms. The van der Waals surface area contributed by atoms with Crippen LogP contribution in [-0.2, 0) is 4.79 Å². The van der Waals surface area contributed by atoms with Crippen LogP contribution in [0.5, 0.6) is 0 Å². The van der Waals surface area contributed by atoms with Crippen molar-refractivity contribution in [1.82, 2.24) is 0 Å². The fraction of sp³-hybridized carbons (Fsp3) is 0.286. The molecule has 0 bridgehead atoms. The summed E-state index contributed by atoms with van der Waals surface area (Å²) in [4.78, 5) is 10.8. The van der Waals surface area contributed by atoms with Gasteiger partial charge in [-0.25, -0.2) is 0 Å². The van der Waals surface area contributed by atoms with E-state index in [9.17, 15) is 4.79 Å². The average Bonchev–Trinajstić information content (AvgIpc) is 1.94. The van der Waals surface area contributed by atoms with Crippen molar-refractivity contribution in [2.24, 2.45) is 0 Å². The van der Waals surface area contributed by atoms with Gasteiger partial charge in [-0.05, 0) is 24.1 Å². The van der Waals surface area contributed by atoms with Gasteiger partial charge in [0, 0.05) is 5.03 Å². The van der Waals surface area contributed by atoms with E-state index in [-0.39, 0.29) is 5.57 Å². The second kappa shape index (κ2) is 3.70. The molecule has 0 radical (unpaired) electrons. The first-order valence-corrected chi connectivity index (χ1v) is 5.01. The predicted octanol–water partition coefficient (Wildman–Crippen LogP) is 3.53. The van der Waals surface area contributed by atoms with Gasteiger partial charge in [0.2, 0.25) is 0 Å². The number of hydrogen-bond acceptors (Lipinski definition) is 1. The SMILES string of the molecule is O=C(Cl)C1=CC(Cl)(Br)CC=C1Cl. The maximum atomic E-state index is 10.8. The topological polar surface area (TPSA) is 17.1 Å². The van der Waals surface area contributed by atoms with Crippen LogP contribution in [0, 0.1) is 0 Å². The summed E-state index contributed by atoms with van der Waals surface area (Å²) in [6, 6.07) is 0. The highest BCUT2D eigenvalue weighted by atomic mass is 79.9. The number of hydrogen-bond donors (Lipinski definition) is 0. The summed E-state index contributed by atoms with van der Waals surface area (Å²) in [5.74, 6) is 0. The molecule has 1 unspecified atom stereocenters.